The van der Waals surface area contributed by atoms with E-state index in [-0.39, 0.29) is 13.2 Å². The van der Waals surface area contributed by atoms with E-state index in [1.54, 1.807) is 0 Å². The summed E-state index contributed by atoms with van der Waals surface area (Å²) in [7, 11) is 0. The summed E-state index contributed by atoms with van der Waals surface area (Å²) in [6.45, 7) is 4.10. The SMILES string of the molecule is C=CCCCCCCCCCCCCCCCCO[C@H]1[C@@H]([C@H](O)CO)OC[C@@H]1O. The minimum absolute atomic E-state index is 0.155. The van der Waals surface area contributed by atoms with Gasteiger partial charge in [-0.3, -0.25) is 0 Å². The molecule has 0 spiro atoms. The first kappa shape index (κ1) is 26.6. The molecule has 0 radical (unpaired) electrons. The average molecular weight is 415 g/mol. The number of hydrogen-bond donors (Lipinski definition) is 3. The van der Waals surface area contributed by atoms with Crippen LogP contribution < -0.4 is 0 Å². The van der Waals surface area contributed by atoms with Crippen molar-refractivity contribution in [3.05, 3.63) is 12.7 Å². The predicted octanol–water partition coefficient (Wildman–Crippen LogP) is 4.52. The molecule has 1 heterocycles. The van der Waals surface area contributed by atoms with Crippen LogP contribution in [0.4, 0.5) is 0 Å². The summed E-state index contributed by atoms with van der Waals surface area (Å²) in [5.74, 6) is 0. The molecule has 0 saturated carbocycles. The zero-order valence-corrected chi connectivity index (χ0v) is 18.5. The Kier molecular flexibility index (Phi) is 16.8. The van der Waals surface area contributed by atoms with E-state index in [0.29, 0.717) is 6.61 Å². The zero-order chi connectivity index (χ0) is 21.2. The summed E-state index contributed by atoms with van der Waals surface area (Å²) in [5, 5.41) is 28.7. The third-order valence-electron chi connectivity index (χ3n) is 5.84. The molecule has 0 aromatic carbocycles. The van der Waals surface area contributed by atoms with Gasteiger partial charge in [-0.15, -0.1) is 6.58 Å². The maximum absolute atomic E-state index is 9.89. The lowest BCUT2D eigenvalue weighted by atomic mass is 10.0. The van der Waals surface area contributed by atoms with Crippen molar-refractivity contribution >= 4 is 0 Å². The van der Waals surface area contributed by atoms with Gasteiger partial charge in [0, 0.05) is 6.61 Å². The molecule has 29 heavy (non-hydrogen) atoms. The summed E-state index contributed by atoms with van der Waals surface area (Å²) >= 11 is 0. The second-order valence-electron chi connectivity index (χ2n) is 8.48. The van der Waals surface area contributed by atoms with Gasteiger partial charge in [0.25, 0.3) is 0 Å². The Hall–Kier alpha value is -0.460. The van der Waals surface area contributed by atoms with E-state index in [1.807, 2.05) is 6.08 Å². The van der Waals surface area contributed by atoms with Crippen molar-refractivity contribution in [3.63, 3.8) is 0 Å². The minimum atomic E-state index is -1.00. The quantitative estimate of drug-likeness (QED) is 0.202. The molecular weight excluding hydrogens is 368 g/mol. The Balaban J connectivity index is 1.83. The minimum Gasteiger partial charge on any atom is -0.394 e. The van der Waals surface area contributed by atoms with Gasteiger partial charge in [0.2, 0.25) is 0 Å². The molecule has 0 aromatic rings. The van der Waals surface area contributed by atoms with Crippen LogP contribution in [0, 0.1) is 0 Å². The highest BCUT2D eigenvalue weighted by molar-refractivity contribution is 4.89. The van der Waals surface area contributed by atoms with Crippen LogP contribution in [-0.2, 0) is 9.47 Å². The normalized spacial score (nSPS) is 22.8. The Morgan fingerprint density at radius 3 is 1.83 bits per heavy atom. The third kappa shape index (κ3) is 12.7. The topological polar surface area (TPSA) is 79.2 Å². The highest BCUT2D eigenvalue weighted by Gasteiger charge is 2.40. The summed E-state index contributed by atoms with van der Waals surface area (Å²) in [5.41, 5.74) is 0. The summed E-state index contributed by atoms with van der Waals surface area (Å²) in [4.78, 5) is 0. The van der Waals surface area contributed by atoms with Crippen LogP contribution in [0.25, 0.3) is 0 Å². The van der Waals surface area contributed by atoms with E-state index in [2.05, 4.69) is 6.58 Å². The van der Waals surface area contributed by atoms with Crippen LogP contribution in [0.1, 0.15) is 96.3 Å². The van der Waals surface area contributed by atoms with Crippen LogP contribution in [0.2, 0.25) is 0 Å². The van der Waals surface area contributed by atoms with Crippen molar-refractivity contribution < 1.29 is 24.8 Å². The number of hydrogen-bond acceptors (Lipinski definition) is 5. The Labute approximate surface area is 178 Å². The van der Waals surface area contributed by atoms with Gasteiger partial charge in [-0.1, -0.05) is 83.1 Å². The number of aliphatic hydroxyl groups excluding tert-OH is 3. The van der Waals surface area contributed by atoms with Gasteiger partial charge in [0.15, 0.2) is 0 Å². The fourth-order valence-electron chi connectivity index (χ4n) is 3.99. The standard InChI is InChI=1S/C24H46O5/c1-2-3-4-5-6-7-8-9-10-11-12-13-14-15-16-17-18-28-24-22(27)20-29-23(24)21(26)19-25/h2,21-27H,1,3-20H2/t21-,22+,23-,24-/m1/s1. The number of allylic oxidation sites excluding steroid dienone is 1. The van der Waals surface area contributed by atoms with E-state index in [4.69, 9.17) is 14.6 Å². The third-order valence-corrected chi connectivity index (χ3v) is 5.84. The number of ether oxygens (including phenoxy) is 2. The molecular formula is C24H46O5. The smallest absolute Gasteiger partial charge is 0.114 e. The Morgan fingerprint density at radius 2 is 1.34 bits per heavy atom. The molecule has 172 valence electrons. The first-order valence-corrected chi connectivity index (χ1v) is 12.0. The highest BCUT2D eigenvalue weighted by Crippen LogP contribution is 2.21. The molecule has 1 aliphatic heterocycles. The van der Waals surface area contributed by atoms with Crippen molar-refractivity contribution in [2.45, 2.75) is 121 Å². The lowest BCUT2D eigenvalue weighted by molar-refractivity contribution is -0.0938. The molecule has 5 heteroatoms. The van der Waals surface area contributed by atoms with Crippen LogP contribution in [0.5, 0.6) is 0 Å². The molecule has 0 unspecified atom stereocenters. The number of aliphatic hydroxyl groups is 3. The van der Waals surface area contributed by atoms with Crippen LogP contribution in [0.15, 0.2) is 12.7 Å². The molecule has 5 nitrogen and oxygen atoms in total. The summed E-state index contributed by atoms with van der Waals surface area (Å²) in [6.07, 6.45) is 18.5. The molecule has 1 rings (SSSR count). The van der Waals surface area contributed by atoms with E-state index in [1.165, 1.54) is 83.5 Å². The van der Waals surface area contributed by atoms with Crippen LogP contribution >= 0.6 is 0 Å². The van der Waals surface area contributed by atoms with E-state index < -0.39 is 24.4 Å². The van der Waals surface area contributed by atoms with Crippen LogP contribution in [0.3, 0.4) is 0 Å². The predicted molar refractivity (Wildman–Crippen MR) is 118 cm³/mol. The molecule has 0 amide bonds. The number of unbranched alkanes of at least 4 members (excludes halogenated alkanes) is 14. The van der Waals surface area contributed by atoms with E-state index in [0.717, 1.165) is 12.8 Å². The molecule has 0 aliphatic carbocycles. The van der Waals surface area contributed by atoms with Gasteiger partial charge in [-0.2, -0.15) is 0 Å². The summed E-state index contributed by atoms with van der Waals surface area (Å²) in [6, 6.07) is 0. The van der Waals surface area contributed by atoms with Gasteiger partial charge in [-0.05, 0) is 19.3 Å². The molecule has 1 fully saturated rings. The fourth-order valence-corrected chi connectivity index (χ4v) is 3.99. The molecule has 1 aliphatic rings. The number of rotatable bonds is 20. The van der Waals surface area contributed by atoms with Crippen LogP contribution in [-0.4, -0.2) is 59.6 Å². The van der Waals surface area contributed by atoms with Gasteiger partial charge < -0.3 is 24.8 Å². The lowest BCUT2D eigenvalue weighted by Gasteiger charge is -2.23. The lowest BCUT2D eigenvalue weighted by Crippen LogP contribution is -2.42. The van der Waals surface area contributed by atoms with Crippen molar-refractivity contribution in [3.8, 4) is 0 Å². The van der Waals surface area contributed by atoms with Gasteiger partial charge in [-0.25, -0.2) is 0 Å². The monoisotopic (exact) mass is 414 g/mol. The second-order valence-corrected chi connectivity index (χ2v) is 8.48. The van der Waals surface area contributed by atoms with Gasteiger partial charge in [0.1, 0.15) is 24.4 Å². The summed E-state index contributed by atoms with van der Waals surface area (Å²) < 4.78 is 11.0. The van der Waals surface area contributed by atoms with Crippen molar-refractivity contribution in [1.82, 2.24) is 0 Å². The maximum atomic E-state index is 9.89. The van der Waals surface area contributed by atoms with Crippen molar-refractivity contribution in [1.29, 1.82) is 0 Å². The van der Waals surface area contributed by atoms with Crippen molar-refractivity contribution in [2.24, 2.45) is 0 Å². The zero-order valence-electron chi connectivity index (χ0n) is 18.5. The van der Waals surface area contributed by atoms with E-state index in [9.17, 15) is 10.2 Å². The second kappa shape index (κ2) is 18.3. The van der Waals surface area contributed by atoms with Crippen molar-refractivity contribution in [2.75, 3.05) is 19.8 Å². The molecule has 3 N–H and O–H groups in total. The average Bonchev–Trinajstić information content (AvgIpc) is 3.10. The maximum Gasteiger partial charge on any atom is 0.114 e. The molecule has 1 saturated heterocycles. The Morgan fingerprint density at radius 1 is 0.862 bits per heavy atom. The van der Waals surface area contributed by atoms with Gasteiger partial charge >= 0.3 is 0 Å². The van der Waals surface area contributed by atoms with Gasteiger partial charge in [0.05, 0.1) is 13.2 Å². The largest absolute Gasteiger partial charge is 0.394 e. The highest BCUT2D eigenvalue weighted by atomic mass is 16.6. The first-order chi connectivity index (χ1) is 14.2. The fraction of sp³-hybridized carbons (Fsp3) is 0.917. The Bertz CT molecular complexity index is 376. The molecule has 0 bridgehead atoms. The van der Waals surface area contributed by atoms with E-state index >= 15 is 0 Å². The molecule has 4 atom stereocenters. The first-order valence-electron chi connectivity index (χ1n) is 12.0. The molecule has 0 aromatic heterocycles.